The van der Waals surface area contributed by atoms with E-state index in [9.17, 15) is 4.79 Å². The molecule has 0 heterocycles. The average molecular weight is 383 g/mol. The molecule has 2 N–H and O–H groups in total. The van der Waals surface area contributed by atoms with Gasteiger partial charge in [-0.1, -0.05) is 18.7 Å². The second kappa shape index (κ2) is 16.1. The first kappa shape index (κ1) is 22.9. The first-order chi connectivity index (χ1) is 13.2. The number of anilines is 1. The number of rotatable bonds is 17. The number of ether oxygens (including phenoxy) is 6. The van der Waals surface area contributed by atoms with Crippen molar-refractivity contribution in [3.63, 3.8) is 0 Å². The summed E-state index contributed by atoms with van der Waals surface area (Å²) in [6.45, 7) is 7.56. The van der Waals surface area contributed by atoms with E-state index < -0.39 is 5.97 Å². The van der Waals surface area contributed by atoms with Crippen LogP contribution in [0.2, 0.25) is 0 Å². The van der Waals surface area contributed by atoms with E-state index in [0.717, 1.165) is 6.08 Å². The summed E-state index contributed by atoms with van der Waals surface area (Å²) in [7, 11) is 0. The van der Waals surface area contributed by atoms with Crippen molar-refractivity contribution in [1.82, 2.24) is 0 Å². The SMILES string of the molecule is C=CC(=O)OCCOCCOCCOCCOCCOc1ccccc1N. The Morgan fingerprint density at radius 2 is 1.30 bits per heavy atom. The number of esters is 1. The van der Waals surface area contributed by atoms with Crippen LogP contribution in [0, 0.1) is 0 Å². The molecule has 0 spiro atoms. The van der Waals surface area contributed by atoms with E-state index >= 15 is 0 Å². The van der Waals surface area contributed by atoms with Crippen LogP contribution in [-0.4, -0.2) is 72.0 Å². The summed E-state index contributed by atoms with van der Waals surface area (Å²) >= 11 is 0. The van der Waals surface area contributed by atoms with Gasteiger partial charge in [0.15, 0.2) is 0 Å². The van der Waals surface area contributed by atoms with Gasteiger partial charge in [0, 0.05) is 6.08 Å². The van der Waals surface area contributed by atoms with Gasteiger partial charge in [0.05, 0.1) is 58.5 Å². The van der Waals surface area contributed by atoms with Gasteiger partial charge in [-0.3, -0.25) is 0 Å². The molecule has 1 aromatic carbocycles. The highest BCUT2D eigenvalue weighted by Gasteiger charge is 1.98. The molecule has 0 saturated carbocycles. The number of nitrogens with two attached hydrogens (primary N) is 1. The van der Waals surface area contributed by atoms with E-state index in [4.69, 9.17) is 34.2 Å². The molecule has 0 fully saturated rings. The van der Waals surface area contributed by atoms with E-state index in [0.29, 0.717) is 70.9 Å². The summed E-state index contributed by atoms with van der Waals surface area (Å²) in [6.07, 6.45) is 1.11. The summed E-state index contributed by atoms with van der Waals surface area (Å²) < 4.78 is 31.6. The molecule has 27 heavy (non-hydrogen) atoms. The minimum atomic E-state index is -0.454. The van der Waals surface area contributed by atoms with Crippen LogP contribution < -0.4 is 10.5 Å². The number of hydrogen-bond acceptors (Lipinski definition) is 8. The van der Waals surface area contributed by atoms with Crippen molar-refractivity contribution in [2.45, 2.75) is 0 Å². The van der Waals surface area contributed by atoms with Crippen LogP contribution in [0.15, 0.2) is 36.9 Å². The molecule has 0 atom stereocenters. The number of nitrogen functional groups attached to an aromatic ring is 1. The predicted molar refractivity (Wildman–Crippen MR) is 101 cm³/mol. The Kier molecular flexibility index (Phi) is 13.6. The summed E-state index contributed by atoms with van der Waals surface area (Å²) in [4.78, 5) is 10.8. The molecule has 0 saturated heterocycles. The first-order valence-corrected chi connectivity index (χ1v) is 8.81. The molecule has 0 aliphatic carbocycles. The van der Waals surface area contributed by atoms with E-state index in [1.807, 2.05) is 18.2 Å². The van der Waals surface area contributed by atoms with E-state index in [2.05, 4.69) is 6.58 Å². The number of carbonyl (C=O) groups excluding carboxylic acids is 1. The van der Waals surface area contributed by atoms with Crippen LogP contribution >= 0.6 is 0 Å². The highest BCUT2D eigenvalue weighted by atomic mass is 16.6. The highest BCUT2D eigenvalue weighted by Crippen LogP contribution is 2.19. The van der Waals surface area contributed by atoms with Gasteiger partial charge < -0.3 is 34.2 Å². The van der Waals surface area contributed by atoms with Crippen LogP contribution in [0.25, 0.3) is 0 Å². The van der Waals surface area contributed by atoms with Crippen molar-refractivity contribution >= 4 is 11.7 Å². The van der Waals surface area contributed by atoms with Gasteiger partial charge in [0.1, 0.15) is 19.0 Å². The Morgan fingerprint density at radius 3 is 1.81 bits per heavy atom. The monoisotopic (exact) mass is 383 g/mol. The van der Waals surface area contributed by atoms with Crippen LogP contribution in [0.3, 0.4) is 0 Å². The maximum Gasteiger partial charge on any atom is 0.330 e. The van der Waals surface area contributed by atoms with Crippen molar-refractivity contribution in [2.24, 2.45) is 0 Å². The minimum absolute atomic E-state index is 0.206. The van der Waals surface area contributed by atoms with Gasteiger partial charge in [-0.15, -0.1) is 0 Å². The smallest absolute Gasteiger partial charge is 0.330 e. The Morgan fingerprint density at radius 1 is 0.815 bits per heavy atom. The second-order valence-electron chi connectivity index (χ2n) is 5.21. The maximum atomic E-state index is 10.8. The zero-order valence-corrected chi connectivity index (χ0v) is 15.6. The molecular weight excluding hydrogens is 354 g/mol. The summed E-state index contributed by atoms with van der Waals surface area (Å²) in [5.41, 5.74) is 6.38. The van der Waals surface area contributed by atoms with Crippen LogP contribution in [0.4, 0.5) is 5.69 Å². The van der Waals surface area contributed by atoms with E-state index in [1.54, 1.807) is 6.07 Å². The molecule has 152 valence electrons. The van der Waals surface area contributed by atoms with Gasteiger partial charge in [0.2, 0.25) is 0 Å². The van der Waals surface area contributed by atoms with Gasteiger partial charge >= 0.3 is 5.97 Å². The van der Waals surface area contributed by atoms with Crippen LogP contribution in [0.5, 0.6) is 5.75 Å². The van der Waals surface area contributed by atoms with Crippen molar-refractivity contribution in [2.75, 3.05) is 71.8 Å². The first-order valence-electron chi connectivity index (χ1n) is 8.81. The largest absolute Gasteiger partial charge is 0.489 e. The fourth-order valence-corrected chi connectivity index (χ4v) is 1.84. The summed E-state index contributed by atoms with van der Waals surface area (Å²) in [5, 5.41) is 0. The standard InChI is InChI=1S/C19H29NO7/c1-2-19(21)27-16-14-25-12-10-23-8-7-22-9-11-24-13-15-26-18-6-4-3-5-17(18)20/h2-6H,1,7-16,20H2. The third-order valence-electron chi connectivity index (χ3n) is 3.16. The Balaban J connectivity index is 1.76. The lowest BCUT2D eigenvalue weighted by atomic mass is 10.3. The lowest BCUT2D eigenvalue weighted by Gasteiger charge is -2.09. The third-order valence-corrected chi connectivity index (χ3v) is 3.16. The molecule has 0 amide bonds. The van der Waals surface area contributed by atoms with Crippen molar-refractivity contribution in [3.05, 3.63) is 36.9 Å². The van der Waals surface area contributed by atoms with Crippen molar-refractivity contribution in [1.29, 1.82) is 0 Å². The Bertz CT molecular complexity index is 525. The zero-order chi connectivity index (χ0) is 19.6. The molecule has 0 aromatic heterocycles. The average Bonchev–Trinajstić information content (AvgIpc) is 2.68. The quantitative estimate of drug-likeness (QED) is 0.187. The molecule has 0 radical (unpaired) electrons. The number of carbonyl (C=O) groups is 1. The molecule has 0 bridgehead atoms. The molecule has 0 aliphatic rings. The molecular formula is C19H29NO7. The molecule has 0 unspecified atom stereocenters. The van der Waals surface area contributed by atoms with Gasteiger partial charge in [0.25, 0.3) is 0 Å². The lowest BCUT2D eigenvalue weighted by molar-refractivity contribution is -0.139. The van der Waals surface area contributed by atoms with E-state index in [1.165, 1.54) is 0 Å². The predicted octanol–water partition coefficient (Wildman–Crippen LogP) is 1.44. The summed E-state index contributed by atoms with van der Waals surface area (Å²) in [6, 6.07) is 7.34. The van der Waals surface area contributed by atoms with Crippen molar-refractivity contribution in [3.8, 4) is 5.75 Å². The third kappa shape index (κ3) is 12.8. The van der Waals surface area contributed by atoms with Crippen molar-refractivity contribution < 1.29 is 33.2 Å². The van der Waals surface area contributed by atoms with E-state index in [-0.39, 0.29) is 6.61 Å². The lowest BCUT2D eigenvalue weighted by Crippen LogP contribution is -2.14. The topological polar surface area (TPSA) is 98.5 Å². The van der Waals surface area contributed by atoms with Gasteiger partial charge in [-0.2, -0.15) is 0 Å². The highest BCUT2D eigenvalue weighted by molar-refractivity contribution is 5.81. The second-order valence-corrected chi connectivity index (χ2v) is 5.21. The summed E-state index contributed by atoms with van der Waals surface area (Å²) in [5.74, 6) is 0.209. The Hall–Kier alpha value is -2.13. The molecule has 1 rings (SSSR count). The van der Waals surface area contributed by atoms with Crippen LogP contribution in [0.1, 0.15) is 0 Å². The van der Waals surface area contributed by atoms with Gasteiger partial charge in [-0.25, -0.2) is 4.79 Å². The number of para-hydroxylation sites is 2. The minimum Gasteiger partial charge on any atom is -0.489 e. The van der Waals surface area contributed by atoms with Gasteiger partial charge in [-0.05, 0) is 12.1 Å². The normalized spacial score (nSPS) is 10.5. The molecule has 8 nitrogen and oxygen atoms in total. The molecule has 0 aliphatic heterocycles. The zero-order valence-electron chi connectivity index (χ0n) is 15.6. The Labute approximate surface area is 160 Å². The fraction of sp³-hybridized carbons (Fsp3) is 0.526. The number of benzene rings is 1. The fourth-order valence-electron chi connectivity index (χ4n) is 1.84. The molecule has 8 heteroatoms. The number of hydrogen-bond donors (Lipinski definition) is 1. The van der Waals surface area contributed by atoms with Crippen LogP contribution in [-0.2, 0) is 28.5 Å². The maximum absolute atomic E-state index is 10.8. The molecule has 1 aromatic rings.